The van der Waals surface area contributed by atoms with Gasteiger partial charge in [-0.3, -0.25) is 9.36 Å². The van der Waals surface area contributed by atoms with Crippen molar-refractivity contribution in [1.29, 1.82) is 0 Å². The molecule has 0 spiro atoms. The van der Waals surface area contributed by atoms with Crippen molar-refractivity contribution in [2.75, 3.05) is 7.11 Å². The van der Waals surface area contributed by atoms with Gasteiger partial charge in [-0.2, -0.15) is 0 Å². The Labute approximate surface area is 252 Å². The molecule has 0 bridgehead atoms. The van der Waals surface area contributed by atoms with Gasteiger partial charge in [-0.1, -0.05) is 93.8 Å². The number of halogens is 3. The van der Waals surface area contributed by atoms with E-state index in [1.165, 1.54) is 18.4 Å². The summed E-state index contributed by atoms with van der Waals surface area (Å²) in [6.07, 6.45) is 2.29. The lowest BCUT2D eigenvalue weighted by Crippen LogP contribution is -2.40. The number of carbonyl (C=O) groups excluding carboxylic acids is 1. The van der Waals surface area contributed by atoms with Gasteiger partial charge in [-0.25, -0.2) is 9.79 Å². The molecular weight excluding hydrogens is 635 g/mol. The smallest absolute Gasteiger partial charge is 0.338 e. The quantitative estimate of drug-likeness (QED) is 0.214. The Hall–Kier alpha value is -3.17. The van der Waals surface area contributed by atoms with Gasteiger partial charge in [-0.05, 0) is 48.4 Å². The Morgan fingerprint density at radius 3 is 2.60 bits per heavy atom. The van der Waals surface area contributed by atoms with E-state index in [1.807, 2.05) is 61.5 Å². The summed E-state index contributed by atoms with van der Waals surface area (Å²) in [4.78, 5) is 32.1. The monoisotopic (exact) mass is 656 g/mol. The van der Waals surface area contributed by atoms with Crippen molar-refractivity contribution >= 4 is 62.5 Å². The van der Waals surface area contributed by atoms with Crippen molar-refractivity contribution in [3.05, 3.63) is 129 Å². The second-order valence-electron chi connectivity index (χ2n) is 8.91. The number of ether oxygens (including phenoxy) is 2. The predicted octanol–water partition coefficient (Wildman–Crippen LogP) is 6.45. The van der Waals surface area contributed by atoms with E-state index in [4.69, 9.17) is 37.7 Å². The molecule has 0 saturated carbocycles. The number of aromatic nitrogens is 1. The van der Waals surface area contributed by atoms with Crippen molar-refractivity contribution < 1.29 is 14.3 Å². The molecule has 1 aliphatic rings. The SMILES string of the molecule is CCC1=C(C(=O)OC)[C@@H](c2ccccc2)n2c(s/c(=C\c3cc(Br)ccc3OCc3ccc(Cl)cc3Cl)c2=O)=N1. The van der Waals surface area contributed by atoms with Gasteiger partial charge in [0.25, 0.3) is 5.56 Å². The molecule has 1 atom stereocenters. The second-order valence-corrected chi connectivity index (χ2v) is 11.7. The molecule has 6 nitrogen and oxygen atoms in total. The minimum Gasteiger partial charge on any atom is -0.488 e. The molecule has 0 unspecified atom stereocenters. The number of nitrogens with zero attached hydrogens (tertiary/aromatic N) is 2. The molecule has 0 fully saturated rings. The van der Waals surface area contributed by atoms with E-state index in [0.29, 0.717) is 48.4 Å². The molecule has 0 amide bonds. The number of carbonyl (C=O) groups is 1. The molecule has 2 heterocycles. The van der Waals surface area contributed by atoms with Crippen molar-refractivity contribution in [2.24, 2.45) is 4.99 Å². The highest BCUT2D eigenvalue weighted by Gasteiger charge is 2.33. The highest BCUT2D eigenvalue weighted by atomic mass is 79.9. The van der Waals surface area contributed by atoms with Crippen LogP contribution in [0.5, 0.6) is 5.75 Å². The summed E-state index contributed by atoms with van der Waals surface area (Å²) < 4.78 is 14.1. The fraction of sp³-hybridized carbons (Fsp3) is 0.167. The van der Waals surface area contributed by atoms with Crippen molar-refractivity contribution in [2.45, 2.75) is 26.0 Å². The third kappa shape index (κ3) is 5.67. The summed E-state index contributed by atoms with van der Waals surface area (Å²) in [7, 11) is 1.34. The summed E-state index contributed by atoms with van der Waals surface area (Å²) in [6.45, 7) is 2.15. The molecular formula is C30H23BrCl2N2O4S. The first-order valence-electron chi connectivity index (χ1n) is 12.3. The van der Waals surface area contributed by atoms with Crippen LogP contribution in [0.4, 0.5) is 0 Å². The van der Waals surface area contributed by atoms with Gasteiger partial charge in [-0.15, -0.1) is 0 Å². The molecule has 0 radical (unpaired) electrons. The van der Waals surface area contributed by atoms with Crippen molar-refractivity contribution in [1.82, 2.24) is 4.57 Å². The van der Waals surface area contributed by atoms with E-state index >= 15 is 0 Å². The van der Waals surface area contributed by atoms with Crippen molar-refractivity contribution in [3.63, 3.8) is 0 Å². The van der Waals surface area contributed by atoms with Crippen LogP contribution >= 0.6 is 50.5 Å². The summed E-state index contributed by atoms with van der Waals surface area (Å²) in [5, 5.41) is 1.05. The average Bonchev–Trinajstić information content (AvgIpc) is 3.26. The zero-order valence-electron chi connectivity index (χ0n) is 21.5. The van der Waals surface area contributed by atoms with Gasteiger partial charge in [0, 0.05) is 25.6 Å². The number of hydrogen-bond donors (Lipinski definition) is 0. The Kier molecular flexibility index (Phi) is 8.61. The molecule has 0 aliphatic carbocycles. The first-order chi connectivity index (χ1) is 19.3. The first kappa shape index (κ1) is 28.4. The third-order valence-corrected chi connectivity index (χ3v) is 8.49. The van der Waals surface area contributed by atoms with Gasteiger partial charge in [0.15, 0.2) is 4.80 Å². The minimum atomic E-state index is -0.660. The topological polar surface area (TPSA) is 69.9 Å². The second kappa shape index (κ2) is 12.1. The zero-order chi connectivity index (χ0) is 28.4. The van der Waals surface area contributed by atoms with Crippen LogP contribution in [0.3, 0.4) is 0 Å². The number of rotatable bonds is 7. The number of allylic oxidation sites excluding steroid dienone is 1. The Morgan fingerprint density at radius 1 is 1.12 bits per heavy atom. The maximum atomic E-state index is 13.9. The van der Waals surface area contributed by atoms with Gasteiger partial charge in [0.05, 0.1) is 29.0 Å². The summed E-state index contributed by atoms with van der Waals surface area (Å²) in [6, 6.07) is 19.6. The van der Waals surface area contributed by atoms with E-state index in [-0.39, 0.29) is 12.2 Å². The Balaban J connectivity index is 1.63. The van der Waals surface area contributed by atoms with E-state index in [1.54, 1.807) is 22.8 Å². The molecule has 5 rings (SSSR count). The predicted molar refractivity (Wildman–Crippen MR) is 162 cm³/mol. The molecule has 40 heavy (non-hydrogen) atoms. The number of hydrogen-bond acceptors (Lipinski definition) is 6. The fourth-order valence-electron chi connectivity index (χ4n) is 4.51. The largest absolute Gasteiger partial charge is 0.488 e. The molecule has 4 aromatic rings. The number of benzene rings is 3. The van der Waals surface area contributed by atoms with Gasteiger partial charge < -0.3 is 9.47 Å². The first-order valence-corrected chi connectivity index (χ1v) is 14.7. The molecule has 0 N–H and O–H groups in total. The van der Waals surface area contributed by atoms with Crippen LogP contribution in [0.1, 0.15) is 36.1 Å². The fourth-order valence-corrected chi connectivity index (χ4v) is 6.37. The van der Waals surface area contributed by atoms with Gasteiger partial charge >= 0.3 is 5.97 Å². The van der Waals surface area contributed by atoms with Crippen LogP contribution in [-0.4, -0.2) is 17.6 Å². The molecule has 10 heteroatoms. The summed E-state index contributed by atoms with van der Waals surface area (Å²) in [5.74, 6) is 0.0661. The standard InChI is InChI=1S/C30H23BrCl2N2O4S/c1-3-23-26(29(37)38-2)27(17-7-5-4-6-8-17)35-28(36)25(40-30(35)34-23)14-19-13-20(31)10-12-24(19)39-16-18-9-11-21(32)15-22(18)33/h4-15,27H,3,16H2,1-2H3/b25-14-/t27-/m1/s1. The lowest BCUT2D eigenvalue weighted by molar-refractivity contribution is -0.136. The minimum absolute atomic E-state index is 0.218. The number of thiazole rings is 1. The van der Waals surface area contributed by atoms with E-state index < -0.39 is 12.0 Å². The van der Waals surface area contributed by atoms with Crippen LogP contribution in [0.2, 0.25) is 10.0 Å². The van der Waals surface area contributed by atoms with Crippen LogP contribution in [0, 0.1) is 0 Å². The van der Waals surface area contributed by atoms with Gasteiger partial charge in [0.1, 0.15) is 12.4 Å². The highest BCUT2D eigenvalue weighted by molar-refractivity contribution is 9.10. The summed E-state index contributed by atoms with van der Waals surface area (Å²) in [5.41, 5.74) is 2.97. The van der Waals surface area contributed by atoms with Gasteiger partial charge in [0.2, 0.25) is 0 Å². The van der Waals surface area contributed by atoms with E-state index in [2.05, 4.69) is 15.9 Å². The average molecular weight is 658 g/mol. The highest BCUT2D eigenvalue weighted by Crippen LogP contribution is 2.32. The number of methoxy groups -OCH3 is 1. The zero-order valence-corrected chi connectivity index (χ0v) is 25.4. The molecule has 3 aromatic carbocycles. The number of fused-ring (bicyclic) bond motifs is 1. The maximum Gasteiger partial charge on any atom is 0.338 e. The molecule has 204 valence electrons. The molecule has 0 saturated heterocycles. The van der Waals surface area contributed by atoms with Crippen LogP contribution < -0.4 is 19.6 Å². The van der Waals surface area contributed by atoms with Crippen LogP contribution in [0.25, 0.3) is 6.08 Å². The molecule has 1 aliphatic heterocycles. The lowest BCUT2D eigenvalue weighted by Gasteiger charge is -2.25. The van der Waals surface area contributed by atoms with Crippen LogP contribution in [0.15, 0.2) is 92.3 Å². The molecule has 1 aromatic heterocycles. The van der Waals surface area contributed by atoms with E-state index in [9.17, 15) is 9.59 Å². The summed E-state index contributed by atoms with van der Waals surface area (Å²) >= 11 is 17.1. The number of esters is 1. The maximum absolute atomic E-state index is 13.9. The van der Waals surface area contributed by atoms with Crippen LogP contribution in [-0.2, 0) is 16.1 Å². The Morgan fingerprint density at radius 2 is 1.90 bits per heavy atom. The van der Waals surface area contributed by atoms with E-state index in [0.717, 1.165) is 15.6 Å². The third-order valence-electron chi connectivity index (χ3n) is 6.42. The normalized spacial score (nSPS) is 15.0. The Bertz CT molecular complexity index is 1820. The lowest BCUT2D eigenvalue weighted by atomic mass is 9.95. The van der Waals surface area contributed by atoms with Crippen molar-refractivity contribution in [3.8, 4) is 5.75 Å².